The van der Waals surface area contributed by atoms with Crippen molar-refractivity contribution in [1.82, 2.24) is 9.88 Å². The lowest BCUT2D eigenvalue weighted by molar-refractivity contribution is 0.100. The lowest BCUT2D eigenvalue weighted by Gasteiger charge is -2.15. The minimum Gasteiger partial charge on any atom is -0.370 e. The molecule has 6 nitrogen and oxygen atoms in total. The minimum absolute atomic E-state index is 0.217. The van der Waals surface area contributed by atoms with Gasteiger partial charge < -0.3 is 16.4 Å². The van der Waals surface area contributed by atoms with Gasteiger partial charge in [0.05, 0.1) is 11.3 Å². The number of carbonyl (C=O) groups excluding carboxylic acids is 1. The van der Waals surface area contributed by atoms with E-state index in [1.165, 1.54) is 6.42 Å². The molecule has 1 heterocycles. The quantitative estimate of drug-likeness (QED) is 0.488. The molecule has 0 radical (unpaired) electrons. The van der Waals surface area contributed by atoms with E-state index in [1.54, 1.807) is 0 Å². The fourth-order valence-corrected chi connectivity index (χ4v) is 2.64. The van der Waals surface area contributed by atoms with Crippen molar-refractivity contribution in [1.29, 1.82) is 0 Å². The van der Waals surface area contributed by atoms with Crippen LogP contribution in [0, 0.1) is 0 Å². The first-order valence-corrected chi connectivity index (χ1v) is 7.27. The second-order valence-electron chi connectivity index (χ2n) is 5.73. The van der Waals surface area contributed by atoms with Crippen molar-refractivity contribution < 1.29 is 4.79 Å². The van der Waals surface area contributed by atoms with E-state index >= 15 is 0 Å². The Morgan fingerprint density at radius 3 is 2.67 bits per heavy atom. The first-order valence-electron chi connectivity index (χ1n) is 7.27. The first kappa shape index (κ1) is 15.4. The maximum absolute atomic E-state index is 12.2. The van der Waals surface area contributed by atoms with Crippen LogP contribution in [0.5, 0.6) is 0 Å². The second-order valence-corrected chi connectivity index (χ2v) is 5.73. The van der Waals surface area contributed by atoms with Gasteiger partial charge in [-0.3, -0.25) is 9.78 Å². The van der Waals surface area contributed by atoms with Gasteiger partial charge in [-0.2, -0.15) is 4.99 Å². The molecule has 1 aromatic rings. The van der Waals surface area contributed by atoms with E-state index in [9.17, 15) is 4.79 Å². The van der Waals surface area contributed by atoms with Crippen LogP contribution in [0.15, 0.2) is 11.1 Å². The summed E-state index contributed by atoms with van der Waals surface area (Å²) in [5.74, 6) is -0.628. The van der Waals surface area contributed by atoms with Gasteiger partial charge >= 0.3 is 0 Å². The van der Waals surface area contributed by atoms with Gasteiger partial charge in [0, 0.05) is 12.2 Å². The van der Waals surface area contributed by atoms with Crippen LogP contribution in [-0.2, 0) is 19.4 Å². The summed E-state index contributed by atoms with van der Waals surface area (Å²) >= 11 is 0. The van der Waals surface area contributed by atoms with E-state index in [-0.39, 0.29) is 5.96 Å². The second kappa shape index (κ2) is 6.67. The van der Waals surface area contributed by atoms with Gasteiger partial charge in [-0.25, -0.2) is 0 Å². The van der Waals surface area contributed by atoms with Crippen molar-refractivity contribution in [3.8, 4) is 0 Å². The number of rotatable bonds is 3. The average molecular weight is 289 g/mol. The average Bonchev–Trinajstić information content (AvgIpc) is 2.60. The molecule has 6 heteroatoms. The highest BCUT2D eigenvalue weighted by molar-refractivity contribution is 6.02. The van der Waals surface area contributed by atoms with Crippen molar-refractivity contribution in [3.63, 3.8) is 0 Å². The van der Waals surface area contributed by atoms with E-state index in [0.29, 0.717) is 12.1 Å². The Labute approximate surface area is 125 Å². The number of fused-ring (bicyclic) bond motifs is 1. The van der Waals surface area contributed by atoms with Gasteiger partial charge in [-0.15, -0.1) is 0 Å². The predicted octanol–water partition coefficient (Wildman–Crippen LogP) is 0.826. The molecule has 1 aliphatic carbocycles. The molecule has 2 rings (SSSR count). The summed E-state index contributed by atoms with van der Waals surface area (Å²) in [5, 5.41) is 0. The summed E-state index contributed by atoms with van der Waals surface area (Å²) in [7, 11) is 3.89. The van der Waals surface area contributed by atoms with Crippen molar-refractivity contribution >= 4 is 11.9 Å². The van der Waals surface area contributed by atoms with E-state index in [0.717, 1.165) is 42.6 Å². The number of carbonyl (C=O) groups is 1. The van der Waals surface area contributed by atoms with Crippen LogP contribution < -0.4 is 11.5 Å². The molecule has 0 saturated carbocycles. The van der Waals surface area contributed by atoms with Crippen LogP contribution >= 0.6 is 0 Å². The molecule has 0 aliphatic heterocycles. The lowest BCUT2D eigenvalue weighted by atomic mass is 10.0. The van der Waals surface area contributed by atoms with E-state index in [1.807, 2.05) is 25.1 Å². The third-order valence-electron chi connectivity index (χ3n) is 3.56. The van der Waals surface area contributed by atoms with Gasteiger partial charge in [0.25, 0.3) is 5.91 Å². The van der Waals surface area contributed by atoms with Gasteiger partial charge in [0.15, 0.2) is 5.96 Å². The van der Waals surface area contributed by atoms with Gasteiger partial charge in [-0.1, -0.05) is 6.42 Å². The Morgan fingerprint density at radius 1 is 1.29 bits per heavy atom. The highest BCUT2D eigenvalue weighted by atomic mass is 16.1. The largest absolute Gasteiger partial charge is 0.370 e. The number of aryl methyl sites for hydroxylation is 2. The summed E-state index contributed by atoms with van der Waals surface area (Å²) in [6.07, 6.45) is 5.44. The fraction of sp³-hybridized carbons (Fsp3) is 0.533. The van der Waals surface area contributed by atoms with Gasteiger partial charge in [0.2, 0.25) is 0 Å². The topological polar surface area (TPSA) is 97.6 Å². The Bertz CT molecular complexity index is 561. The van der Waals surface area contributed by atoms with Crippen LogP contribution in [0.3, 0.4) is 0 Å². The molecular weight excluding hydrogens is 266 g/mol. The smallest absolute Gasteiger partial charge is 0.282 e. The van der Waals surface area contributed by atoms with Gasteiger partial charge in [-0.05, 0) is 51.4 Å². The SMILES string of the molecule is CN(C)Cc1nc2c(cc1C(=O)N=C(N)N)CCCCC2. The summed E-state index contributed by atoms with van der Waals surface area (Å²) in [6.45, 7) is 0.592. The maximum Gasteiger partial charge on any atom is 0.282 e. The van der Waals surface area contributed by atoms with E-state index < -0.39 is 5.91 Å². The molecule has 1 amide bonds. The number of hydrogen-bond donors (Lipinski definition) is 2. The zero-order valence-electron chi connectivity index (χ0n) is 12.7. The van der Waals surface area contributed by atoms with Crippen LogP contribution in [0.2, 0.25) is 0 Å². The monoisotopic (exact) mass is 289 g/mol. The van der Waals surface area contributed by atoms with Crippen LogP contribution in [0.4, 0.5) is 0 Å². The maximum atomic E-state index is 12.2. The third kappa shape index (κ3) is 4.01. The number of aromatic nitrogens is 1. The number of amides is 1. The summed E-state index contributed by atoms with van der Waals surface area (Å²) < 4.78 is 0. The predicted molar refractivity (Wildman–Crippen MR) is 83.0 cm³/mol. The fourth-order valence-electron chi connectivity index (χ4n) is 2.64. The molecule has 0 atom stereocenters. The molecular formula is C15H23N5O. The number of pyridine rings is 1. The third-order valence-corrected chi connectivity index (χ3v) is 3.56. The Morgan fingerprint density at radius 2 is 2.00 bits per heavy atom. The molecule has 0 unspecified atom stereocenters. The molecule has 114 valence electrons. The van der Waals surface area contributed by atoms with Crippen LogP contribution in [0.25, 0.3) is 0 Å². The van der Waals surface area contributed by atoms with Crippen molar-refractivity contribution in [2.45, 2.75) is 38.6 Å². The molecule has 0 saturated heterocycles. The zero-order chi connectivity index (χ0) is 15.4. The highest BCUT2D eigenvalue weighted by Gasteiger charge is 2.18. The number of guanidine groups is 1. The lowest BCUT2D eigenvalue weighted by Crippen LogP contribution is -2.25. The van der Waals surface area contributed by atoms with Crippen molar-refractivity contribution in [2.75, 3.05) is 14.1 Å². The van der Waals surface area contributed by atoms with E-state index in [2.05, 4.69) is 4.99 Å². The zero-order valence-corrected chi connectivity index (χ0v) is 12.7. The van der Waals surface area contributed by atoms with Crippen LogP contribution in [-0.4, -0.2) is 35.8 Å². The van der Waals surface area contributed by atoms with Crippen LogP contribution in [0.1, 0.15) is 46.6 Å². The van der Waals surface area contributed by atoms with Crippen molar-refractivity contribution in [2.24, 2.45) is 16.5 Å². The Kier molecular flexibility index (Phi) is 4.90. The molecule has 0 aromatic carbocycles. The molecule has 0 spiro atoms. The number of nitrogens with two attached hydrogens (primary N) is 2. The molecule has 1 aromatic heterocycles. The van der Waals surface area contributed by atoms with E-state index in [4.69, 9.17) is 16.5 Å². The number of aliphatic imine (C=N–C) groups is 1. The standard InChI is InChI=1S/C15H23N5O/c1-20(2)9-13-11(14(21)19-15(16)17)8-10-6-4-3-5-7-12(10)18-13/h8H,3-7,9H2,1-2H3,(H4,16,17,19,21). The highest BCUT2D eigenvalue weighted by Crippen LogP contribution is 2.23. The normalized spacial score (nSPS) is 14.4. The minimum atomic E-state index is -0.411. The summed E-state index contributed by atoms with van der Waals surface area (Å²) in [5.41, 5.74) is 14.2. The molecule has 0 fully saturated rings. The Hall–Kier alpha value is -1.95. The van der Waals surface area contributed by atoms with Crippen molar-refractivity contribution in [3.05, 3.63) is 28.6 Å². The molecule has 0 bridgehead atoms. The molecule has 1 aliphatic rings. The Balaban J connectivity index is 2.47. The van der Waals surface area contributed by atoms with Gasteiger partial charge in [0.1, 0.15) is 0 Å². The summed E-state index contributed by atoms with van der Waals surface area (Å²) in [4.78, 5) is 22.6. The first-order chi connectivity index (χ1) is 9.97. The summed E-state index contributed by atoms with van der Waals surface area (Å²) in [6, 6.07) is 1.93. The molecule has 21 heavy (non-hydrogen) atoms. The molecule has 4 N–H and O–H groups in total. The number of hydrogen-bond acceptors (Lipinski definition) is 3. The number of nitrogens with zero attached hydrogens (tertiary/aromatic N) is 3.